The molecule has 14 heteroatoms. The maximum absolute atomic E-state index is 10.8. The molecule has 0 radical (unpaired) electrons. The average molecular weight is 454 g/mol. The summed E-state index contributed by atoms with van der Waals surface area (Å²) in [5.41, 5.74) is 2.37. The van der Waals surface area contributed by atoms with E-state index in [0.29, 0.717) is 29.1 Å². The van der Waals surface area contributed by atoms with E-state index >= 15 is 0 Å². The third-order valence-electron chi connectivity index (χ3n) is 5.42. The zero-order valence-electron chi connectivity index (χ0n) is 16.9. The number of nitro groups is 1. The molecule has 1 aliphatic rings. The van der Waals surface area contributed by atoms with Gasteiger partial charge in [0.15, 0.2) is 11.9 Å². The first-order valence-corrected chi connectivity index (χ1v) is 9.90. The van der Waals surface area contributed by atoms with Crippen LogP contribution in [0.1, 0.15) is 11.8 Å². The van der Waals surface area contributed by atoms with Crippen molar-refractivity contribution in [3.05, 3.63) is 58.8 Å². The average Bonchev–Trinajstić information content (AvgIpc) is 3.52. The summed E-state index contributed by atoms with van der Waals surface area (Å²) in [5, 5.41) is 48.7. The third-order valence-corrected chi connectivity index (χ3v) is 5.42. The Morgan fingerprint density at radius 1 is 1.12 bits per heavy atom. The molecule has 0 bridgehead atoms. The van der Waals surface area contributed by atoms with Crippen LogP contribution in [0.4, 0.5) is 5.69 Å². The highest BCUT2D eigenvalue weighted by atomic mass is 16.6. The van der Waals surface area contributed by atoms with E-state index in [2.05, 4.69) is 25.3 Å². The number of nitrogens with zero attached hydrogens (tertiary/aromatic N) is 8. The number of aliphatic hydroxyl groups is 3. The van der Waals surface area contributed by atoms with Crippen LogP contribution in [0, 0.1) is 10.1 Å². The SMILES string of the molecule is O=[N+]([O-])c1ccc(Cn2cc(-c3ncnc4c3ncn4[C@@H]3O[C@H](CO)[C@@H](O)[C@H]3O)nn2)cc1. The van der Waals surface area contributed by atoms with Crippen LogP contribution in [0.25, 0.3) is 22.6 Å². The lowest BCUT2D eigenvalue weighted by atomic mass is 10.1. The summed E-state index contributed by atoms with van der Waals surface area (Å²) >= 11 is 0. The van der Waals surface area contributed by atoms with Crippen LogP contribution in [-0.2, 0) is 11.3 Å². The Hall–Kier alpha value is -3.85. The van der Waals surface area contributed by atoms with Crippen LogP contribution in [0.5, 0.6) is 0 Å². The second-order valence-corrected chi connectivity index (χ2v) is 7.50. The first-order chi connectivity index (χ1) is 16.0. The molecule has 170 valence electrons. The molecule has 0 aliphatic carbocycles. The van der Waals surface area contributed by atoms with Crippen LogP contribution < -0.4 is 0 Å². The molecule has 1 aliphatic heterocycles. The normalized spacial score (nSPS) is 22.8. The first-order valence-electron chi connectivity index (χ1n) is 9.90. The van der Waals surface area contributed by atoms with Gasteiger partial charge in [0.05, 0.1) is 30.6 Å². The molecule has 4 aromatic rings. The summed E-state index contributed by atoms with van der Waals surface area (Å²) in [4.78, 5) is 23.2. The minimum absolute atomic E-state index is 0.00572. The van der Waals surface area contributed by atoms with E-state index in [1.165, 1.54) is 29.4 Å². The quantitative estimate of drug-likeness (QED) is 0.255. The van der Waals surface area contributed by atoms with Crippen molar-refractivity contribution in [1.29, 1.82) is 0 Å². The highest BCUT2D eigenvalue weighted by Crippen LogP contribution is 2.32. The van der Waals surface area contributed by atoms with E-state index in [-0.39, 0.29) is 5.69 Å². The van der Waals surface area contributed by atoms with Crippen molar-refractivity contribution < 1.29 is 25.0 Å². The fourth-order valence-corrected chi connectivity index (χ4v) is 3.73. The number of ether oxygens (including phenoxy) is 1. The monoisotopic (exact) mass is 454 g/mol. The summed E-state index contributed by atoms with van der Waals surface area (Å²) in [7, 11) is 0. The van der Waals surface area contributed by atoms with E-state index in [1.807, 2.05) is 0 Å². The second-order valence-electron chi connectivity index (χ2n) is 7.50. The Labute approximate surface area is 184 Å². The smallest absolute Gasteiger partial charge is 0.269 e. The molecule has 0 spiro atoms. The Kier molecular flexibility index (Phi) is 5.26. The Balaban J connectivity index is 1.42. The van der Waals surface area contributed by atoms with E-state index in [9.17, 15) is 25.4 Å². The van der Waals surface area contributed by atoms with Crippen LogP contribution >= 0.6 is 0 Å². The number of nitro benzene ring substituents is 1. The van der Waals surface area contributed by atoms with Crippen molar-refractivity contribution in [3.63, 3.8) is 0 Å². The molecular formula is C19H18N8O6. The van der Waals surface area contributed by atoms with Crippen molar-refractivity contribution in [2.24, 2.45) is 0 Å². The van der Waals surface area contributed by atoms with Gasteiger partial charge in [0.2, 0.25) is 0 Å². The van der Waals surface area contributed by atoms with E-state index < -0.39 is 36.1 Å². The Morgan fingerprint density at radius 2 is 1.91 bits per heavy atom. The predicted octanol–water partition coefficient (Wildman–Crippen LogP) is -0.347. The minimum atomic E-state index is -1.28. The molecule has 3 N–H and O–H groups in total. The van der Waals surface area contributed by atoms with Gasteiger partial charge in [0.25, 0.3) is 5.69 Å². The van der Waals surface area contributed by atoms with Crippen LogP contribution in [0.2, 0.25) is 0 Å². The van der Waals surface area contributed by atoms with Gasteiger partial charge < -0.3 is 20.1 Å². The zero-order chi connectivity index (χ0) is 23.1. The highest BCUT2D eigenvalue weighted by Gasteiger charge is 2.44. The summed E-state index contributed by atoms with van der Waals surface area (Å²) in [5.74, 6) is 0. The lowest BCUT2D eigenvalue weighted by Crippen LogP contribution is -2.33. The van der Waals surface area contributed by atoms with Gasteiger partial charge in [-0.25, -0.2) is 19.6 Å². The molecule has 33 heavy (non-hydrogen) atoms. The standard InChI is InChI=1S/C19H18N8O6/c28-7-13-16(29)17(30)19(33-13)26-9-22-15-14(20-8-21-18(15)26)12-6-25(24-23-12)5-10-1-3-11(4-2-10)27(31)32/h1-4,6,8-9,13,16-17,19,28-30H,5,7H2/t13-,16-,17-,19-/m1/s1. The zero-order valence-corrected chi connectivity index (χ0v) is 16.9. The van der Waals surface area contributed by atoms with Gasteiger partial charge in [-0.05, 0) is 5.56 Å². The molecule has 5 rings (SSSR count). The highest BCUT2D eigenvalue weighted by molar-refractivity contribution is 5.85. The molecule has 0 saturated carbocycles. The first kappa shape index (κ1) is 21.0. The lowest BCUT2D eigenvalue weighted by Gasteiger charge is -2.16. The van der Waals surface area contributed by atoms with Crippen molar-refractivity contribution in [2.45, 2.75) is 31.1 Å². The van der Waals surface area contributed by atoms with Gasteiger partial charge in [-0.3, -0.25) is 14.7 Å². The fourth-order valence-electron chi connectivity index (χ4n) is 3.73. The van der Waals surface area contributed by atoms with Gasteiger partial charge >= 0.3 is 0 Å². The number of imidazole rings is 1. The minimum Gasteiger partial charge on any atom is -0.394 e. The molecule has 1 saturated heterocycles. The number of fused-ring (bicyclic) bond motifs is 1. The number of rotatable bonds is 6. The van der Waals surface area contributed by atoms with Crippen molar-refractivity contribution in [2.75, 3.05) is 6.61 Å². The van der Waals surface area contributed by atoms with E-state index in [0.717, 1.165) is 5.56 Å². The van der Waals surface area contributed by atoms with E-state index in [4.69, 9.17) is 4.74 Å². The van der Waals surface area contributed by atoms with Crippen LogP contribution in [-0.4, -0.2) is 79.7 Å². The number of benzene rings is 1. The van der Waals surface area contributed by atoms with Crippen molar-refractivity contribution >= 4 is 16.9 Å². The number of aliphatic hydroxyl groups excluding tert-OH is 3. The fraction of sp³-hybridized carbons (Fsp3) is 0.316. The molecular weight excluding hydrogens is 436 g/mol. The van der Waals surface area contributed by atoms with Crippen molar-refractivity contribution in [1.82, 2.24) is 34.5 Å². The van der Waals surface area contributed by atoms with Crippen LogP contribution in [0.15, 0.2) is 43.1 Å². The maximum atomic E-state index is 10.8. The number of hydrogen-bond donors (Lipinski definition) is 3. The molecule has 0 unspecified atom stereocenters. The molecule has 1 aromatic carbocycles. The molecule has 3 aromatic heterocycles. The summed E-state index contributed by atoms with van der Waals surface area (Å²) in [6.45, 7) is -0.102. The topological polar surface area (TPSA) is 187 Å². The Morgan fingerprint density at radius 3 is 2.61 bits per heavy atom. The molecule has 14 nitrogen and oxygen atoms in total. The van der Waals surface area contributed by atoms with Gasteiger partial charge in [-0.2, -0.15) is 0 Å². The maximum Gasteiger partial charge on any atom is 0.269 e. The third kappa shape index (κ3) is 3.70. The number of hydrogen-bond acceptors (Lipinski definition) is 11. The summed E-state index contributed by atoms with van der Waals surface area (Å²) < 4.78 is 8.59. The molecule has 0 amide bonds. The molecule has 1 fully saturated rings. The van der Waals surface area contributed by atoms with Crippen molar-refractivity contribution in [3.8, 4) is 11.4 Å². The predicted molar refractivity (Wildman–Crippen MR) is 110 cm³/mol. The van der Waals surface area contributed by atoms with E-state index in [1.54, 1.807) is 23.0 Å². The molecule has 4 heterocycles. The summed E-state index contributed by atoms with van der Waals surface area (Å²) in [6.07, 6.45) is -0.0598. The van der Waals surface area contributed by atoms with Gasteiger partial charge in [-0.1, -0.05) is 17.3 Å². The van der Waals surface area contributed by atoms with Gasteiger partial charge in [0, 0.05) is 12.1 Å². The largest absolute Gasteiger partial charge is 0.394 e. The molecule has 4 atom stereocenters. The number of non-ortho nitro benzene ring substituents is 1. The lowest BCUT2D eigenvalue weighted by molar-refractivity contribution is -0.384. The van der Waals surface area contributed by atoms with Gasteiger partial charge in [-0.15, -0.1) is 5.10 Å². The van der Waals surface area contributed by atoms with Crippen LogP contribution in [0.3, 0.4) is 0 Å². The Bertz CT molecular complexity index is 1310. The van der Waals surface area contributed by atoms with Gasteiger partial charge in [0.1, 0.15) is 41.5 Å². The number of aromatic nitrogens is 7. The second kappa shape index (κ2) is 8.25. The summed E-state index contributed by atoms with van der Waals surface area (Å²) in [6, 6.07) is 6.13.